The highest BCUT2D eigenvalue weighted by molar-refractivity contribution is 7.99. The zero-order chi connectivity index (χ0) is 25.5. The number of hydrogen-bond acceptors (Lipinski definition) is 5. The molecular weight excluding hydrogens is 470 g/mol. The molecule has 0 radical (unpaired) electrons. The van der Waals surface area contributed by atoms with Crippen LogP contribution in [0.1, 0.15) is 48.1 Å². The van der Waals surface area contributed by atoms with Gasteiger partial charge in [-0.3, -0.25) is 4.79 Å². The van der Waals surface area contributed by atoms with Crippen LogP contribution >= 0.6 is 11.8 Å². The number of ether oxygens (including phenoxy) is 3. The molecule has 0 N–H and O–H groups in total. The van der Waals surface area contributed by atoms with Gasteiger partial charge in [0.05, 0.1) is 26.0 Å². The Kier molecular flexibility index (Phi) is 8.81. The summed E-state index contributed by atoms with van der Waals surface area (Å²) in [5, 5.41) is 0. The average Bonchev–Trinajstić information content (AvgIpc) is 2.91. The van der Waals surface area contributed by atoms with Crippen molar-refractivity contribution >= 4 is 17.7 Å². The topological polar surface area (TPSA) is 48.0 Å². The van der Waals surface area contributed by atoms with Crippen molar-refractivity contribution in [3.63, 3.8) is 0 Å². The molecule has 4 rings (SSSR count). The SMILES string of the molecule is COc1cc2c(cc1OC)C(COc1ccc(C(C)C)cc1)N(C(=O)CSCc1ccccc1)CC2. The van der Waals surface area contributed by atoms with Gasteiger partial charge in [-0.1, -0.05) is 56.3 Å². The zero-order valence-corrected chi connectivity index (χ0v) is 22.3. The fourth-order valence-electron chi connectivity index (χ4n) is 4.54. The third-order valence-electron chi connectivity index (χ3n) is 6.61. The second kappa shape index (κ2) is 12.2. The van der Waals surface area contributed by atoms with Gasteiger partial charge < -0.3 is 19.1 Å². The fraction of sp³-hybridized carbons (Fsp3) is 0.367. The Hall–Kier alpha value is -3.12. The highest BCUT2D eigenvalue weighted by atomic mass is 32.2. The van der Waals surface area contributed by atoms with E-state index in [1.807, 2.05) is 47.4 Å². The first-order valence-corrected chi connectivity index (χ1v) is 13.5. The van der Waals surface area contributed by atoms with E-state index in [1.165, 1.54) is 11.1 Å². The summed E-state index contributed by atoms with van der Waals surface area (Å²) in [6, 6.07) is 22.3. The smallest absolute Gasteiger partial charge is 0.233 e. The van der Waals surface area contributed by atoms with Crippen molar-refractivity contribution in [3.05, 3.63) is 89.0 Å². The van der Waals surface area contributed by atoms with Crippen LogP contribution in [0.5, 0.6) is 17.2 Å². The Balaban J connectivity index is 1.53. The standard InChI is InChI=1S/C30H35NO4S/c1-21(2)23-10-12-25(13-11-23)35-18-27-26-17-29(34-4)28(33-3)16-24(26)14-15-31(27)30(32)20-36-19-22-8-6-5-7-9-22/h5-13,16-17,21,27H,14-15,18-20H2,1-4H3. The minimum atomic E-state index is -0.205. The van der Waals surface area contributed by atoms with Crippen LogP contribution < -0.4 is 14.2 Å². The summed E-state index contributed by atoms with van der Waals surface area (Å²) in [4.78, 5) is 15.4. The molecule has 1 atom stereocenters. The summed E-state index contributed by atoms with van der Waals surface area (Å²) < 4.78 is 17.4. The molecule has 0 bridgehead atoms. The third-order valence-corrected chi connectivity index (χ3v) is 7.60. The van der Waals surface area contributed by atoms with E-state index < -0.39 is 0 Å². The summed E-state index contributed by atoms with van der Waals surface area (Å²) in [6.45, 7) is 5.37. The lowest BCUT2D eigenvalue weighted by atomic mass is 9.92. The number of methoxy groups -OCH3 is 2. The van der Waals surface area contributed by atoms with Gasteiger partial charge in [-0.25, -0.2) is 0 Å². The van der Waals surface area contributed by atoms with Crippen LogP contribution in [0.3, 0.4) is 0 Å². The van der Waals surface area contributed by atoms with Crippen LogP contribution in [0.25, 0.3) is 0 Å². The van der Waals surface area contributed by atoms with Gasteiger partial charge in [-0.15, -0.1) is 11.8 Å². The molecule has 3 aromatic rings. The van der Waals surface area contributed by atoms with Crippen molar-refractivity contribution in [3.8, 4) is 17.2 Å². The van der Waals surface area contributed by atoms with E-state index in [2.05, 4.69) is 38.1 Å². The Labute approximate surface area is 218 Å². The molecule has 0 spiro atoms. The molecule has 1 aliphatic heterocycles. The van der Waals surface area contributed by atoms with E-state index in [4.69, 9.17) is 14.2 Å². The van der Waals surface area contributed by atoms with Gasteiger partial charge in [0, 0.05) is 12.3 Å². The van der Waals surface area contributed by atoms with Crippen LogP contribution in [0.15, 0.2) is 66.7 Å². The van der Waals surface area contributed by atoms with Crippen LogP contribution in [-0.2, 0) is 17.0 Å². The Morgan fingerprint density at radius 1 is 1.00 bits per heavy atom. The molecule has 36 heavy (non-hydrogen) atoms. The second-order valence-corrected chi connectivity index (χ2v) is 10.3. The van der Waals surface area contributed by atoms with Crippen molar-refractivity contribution in [2.45, 2.75) is 38.0 Å². The molecule has 1 unspecified atom stereocenters. The Morgan fingerprint density at radius 3 is 2.36 bits per heavy atom. The van der Waals surface area contributed by atoms with E-state index in [9.17, 15) is 4.79 Å². The van der Waals surface area contributed by atoms with Crippen molar-refractivity contribution in [1.82, 2.24) is 4.90 Å². The molecule has 6 heteroatoms. The van der Waals surface area contributed by atoms with E-state index in [1.54, 1.807) is 26.0 Å². The third kappa shape index (κ3) is 6.16. The second-order valence-electron chi connectivity index (χ2n) is 9.27. The molecule has 1 aliphatic rings. The number of fused-ring (bicyclic) bond motifs is 1. The first-order valence-electron chi connectivity index (χ1n) is 12.4. The van der Waals surface area contributed by atoms with Crippen LogP contribution in [0, 0.1) is 0 Å². The first kappa shape index (κ1) is 26.0. The summed E-state index contributed by atoms with van der Waals surface area (Å²) in [5.41, 5.74) is 4.71. The zero-order valence-electron chi connectivity index (χ0n) is 21.5. The molecule has 1 amide bonds. The van der Waals surface area contributed by atoms with Gasteiger partial charge in [0.25, 0.3) is 0 Å². The molecule has 1 heterocycles. The lowest BCUT2D eigenvalue weighted by Gasteiger charge is -2.37. The van der Waals surface area contributed by atoms with Gasteiger partial charge in [0.15, 0.2) is 11.5 Å². The number of benzene rings is 3. The number of carbonyl (C=O) groups excluding carboxylic acids is 1. The first-order chi connectivity index (χ1) is 17.5. The predicted molar refractivity (Wildman–Crippen MR) is 146 cm³/mol. The maximum atomic E-state index is 13.4. The van der Waals surface area contributed by atoms with Crippen molar-refractivity contribution < 1.29 is 19.0 Å². The number of rotatable bonds is 10. The number of thioether (sulfide) groups is 1. The largest absolute Gasteiger partial charge is 0.493 e. The summed E-state index contributed by atoms with van der Waals surface area (Å²) >= 11 is 1.65. The van der Waals surface area contributed by atoms with Gasteiger partial charge in [0.1, 0.15) is 12.4 Å². The average molecular weight is 506 g/mol. The maximum Gasteiger partial charge on any atom is 0.233 e. The highest BCUT2D eigenvalue weighted by Crippen LogP contribution is 2.38. The van der Waals surface area contributed by atoms with Crippen molar-refractivity contribution in [2.24, 2.45) is 0 Å². The Bertz CT molecular complexity index is 1150. The van der Waals surface area contributed by atoms with E-state index in [0.717, 1.165) is 29.1 Å². The van der Waals surface area contributed by atoms with Crippen LogP contribution in [0.4, 0.5) is 0 Å². The molecule has 190 valence electrons. The molecule has 0 fully saturated rings. The van der Waals surface area contributed by atoms with E-state index in [-0.39, 0.29) is 11.9 Å². The number of nitrogens with zero attached hydrogens (tertiary/aromatic N) is 1. The highest BCUT2D eigenvalue weighted by Gasteiger charge is 2.32. The van der Waals surface area contributed by atoms with Crippen LogP contribution in [0.2, 0.25) is 0 Å². The molecule has 0 aromatic heterocycles. The number of hydrogen-bond donors (Lipinski definition) is 0. The fourth-order valence-corrected chi connectivity index (χ4v) is 5.41. The van der Waals surface area contributed by atoms with Gasteiger partial charge in [-0.2, -0.15) is 0 Å². The van der Waals surface area contributed by atoms with Crippen molar-refractivity contribution in [1.29, 1.82) is 0 Å². The Morgan fingerprint density at radius 2 is 1.69 bits per heavy atom. The molecule has 0 saturated carbocycles. The normalized spacial score (nSPS) is 14.9. The van der Waals surface area contributed by atoms with Gasteiger partial charge in [0.2, 0.25) is 5.91 Å². The van der Waals surface area contributed by atoms with Crippen molar-refractivity contribution in [2.75, 3.05) is 33.1 Å². The predicted octanol–water partition coefficient (Wildman–Crippen LogP) is 6.27. The quantitative estimate of drug-likeness (QED) is 0.325. The molecule has 0 saturated heterocycles. The number of carbonyl (C=O) groups is 1. The summed E-state index contributed by atoms with van der Waals surface area (Å²) in [6.07, 6.45) is 0.768. The molecule has 0 aliphatic carbocycles. The molecule has 5 nitrogen and oxygen atoms in total. The summed E-state index contributed by atoms with van der Waals surface area (Å²) in [5.74, 6) is 4.00. The van der Waals surface area contributed by atoms with Gasteiger partial charge in [-0.05, 0) is 58.9 Å². The minimum Gasteiger partial charge on any atom is -0.493 e. The monoisotopic (exact) mass is 505 g/mol. The number of amides is 1. The van der Waals surface area contributed by atoms with E-state index >= 15 is 0 Å². The minimum absolute atomic E-state index is 0.125. The van der Waals surface area contributed by atoms with Gasteiger partial charge >= 0.3 is 0 Å². The summed E-state index contributed by atoms with van der Waals surface area (Å²) in [7, 11) is 3.28. The molecule has 3 aromatic carbocycles. The maximum absolute atomic E-state index is 13.4. The van der Waals surface area contributed by atoms with E-state index in [0.29, 0.717) is 36.3 Å². The molecular formula is C30H35NO4S. The lowest BCUT2D eigenvalue weighted by molar-refractivity contribution is -0.132. The van der Waals surface area contributed by atoms with Crippen LogP contribution in [-0.4, -0.2) is 43.9 Å². The lowest BCUT2D eigenvalue weighted by Crippen LogP contribution is -2.43.